The summed E-state index contributed by atoms with van der Waals surface area (Å²) < 4.78 is 7.51. The van der Waals surface area contributed by atoms with Gasteiger partial charge in [0.1, 0.15) is 5.82 Å². The maximum Gasteiger partial charge on any atom is 0.190 e. The smallest absolute Gasteiger partial charge is 0.190 e. The topological polar surface area (TPSA) is 66.0 Å². The van der Waals surface area contributed by atoms with Gasteiger partial charge < -0.3 is 15.0 Å². The Morgan fingerprint density at radius 2 is 2.33 bits per heavy atom. The van der Waals surface area contributed by atoms with Crippen molar-refractivity contribution in [3.05, 3.63) is 5.82 Å². The third-order valence-corrected chi connectivity index (χ3v) is 4.25. The molecule has 1 aliphatic heterocycles. The van der Waals surface area contributed by atoms with Crippen molar-refractivity contribution in [1.29, 1.82) is 0 Å². The number of ether oxygens (including phenoxy) is 1. The molecule has 7 heteroatoms. The van der Waals surface area contributed by atoms with Gasteiger partial charge in [0.15, 0.2) is 5.16 Å². The fraction of sp³-hybridized carbons (Fsp3) is 0.818. The van der Waals surface area contributed by atoms with E-state index in [4.69, 9.17) is 10.5 Å². The lowest BCUT2D eigenvalue weighted by Crippen LogP contribution is -2.19. The van der Waals surface area contributed by atoms with Crippen molar-refractivity contribution in [2.45, 2.75) is 24.4 Å². The molecule has 18 heavy (non-hydrogen) atoms. The van der Waals surface area contributed by atoms with E-state index in [0.29, 0.717) is 12.5 Å². The number of rotatable bonds is 5. The first kappa shape index (κ1) is 15.8. The average Bonchev–Trinajstić information content (AvgIpc) is 2.70. The van der Waals surface area contributed by atoms with E-state index in [0.717, 1.165) is 36.4 Å². The van der Waals surface area contributed by atoms with Crippen molar-refractivity contribution in [1.82, 2.24) is 14.8 Å². The highest BCUT2D eigenvalue weighted by molar-refractivity contribution is 7.99. The average molecular weight is 293 g/mol. The highest BCUT2D eigenvalue weighted by Crippen LogP contribution is 2.23. The normalized spacial score (nSPS) is 19.6. The molecule has 1 aromatic rings. The lowest BCUT2D eigenvalue weighted by Gasteiger charge is -2.21. The van der Waals surface area contributed by atoms with Crippen molar-refractivity contribution < 1.29 is 4.74 Å². The van der Waals surface area contributed by atoms with Crippen LogP contribution in [-0.4, -0.2) is 40.3 Å². The van der Waals surface area contributed by atoms with Crippen LogP contribution in [-0.2, 0) is 18.2 Å². The minimum absolute atomic E-state index is 0. The number of aromatic nitrogens is 3. The van der Waals surface area contributed by atoms with E-state index < -0.39 is 0 Å². The molecule has 2 rings (SSSR count). The van der Waals surface area contributed by atoms with Gasteiger partial charge >= 0.3 is 0 Å². The summed E-state index contributed by atoms with van der Waals surface area (Å²) in [5.74, 6) is 2.69. The summed E-state index contributed by atoms with van der Waals surface area (Å²) in [5.41, 5.74) is 5.53. The van der Waals surface area contributed by atoms with E-state index in [-0.39, 0.29) is 12.4 Å². The van der Waals surface area contributed by atoms with E-state index >= 15 is 0 Å². The highest BCUT2D eigenvalue weighted by atomic mass is 35.5. The molecule has 1 saturated heterocycles. The minimum atomic E-state index is 0. The molecule has 1 aliphatic rings. The van der Waals surface area contributed by atoms with Gasteiger partial charge in [0.25, 0.3) is 0 Å². The van der Waals surface area contributed by atoms with Gasteiger partial charge in [-0.3, -0.25) is 0 Å². The van der Waals surface area contributed by atoms with Crippen LogP contribution < -0.4 is 5.73 Å². The second-order valence-corrected chi connectivity index (χ2v) is 5.38. The maximum absolute atomic E-state index is 5.53. The van der Waals surface area contributed by atoms with E-state index in [1.807, 2.05) is 11.6 Å². The Balaban J connectivity index is 0.00000162. The van der Waals surface area contributed by atoms with Crippen LogP contribution in [0, 0.1) is 5.92 Å². The predicted molar refractivity (Wildman–Crippen MR) is 75.3 cm³/mol. The van der Waals surface area contributed by atoms with Crippen molar-refractivity contribution >= 4 is 24.2 Å². The van der Waals surface area contributed by atoms with Crippen LogP contribution in [0.5, 0.6) is 0 Å². The van der Waals surface area contributed by atoms with Gasteiger partial charge in [-0.1, -0.05) is 11.8 Å². The lowest BCUT2D eigenvalue weighted by atomic mass is 10.1. The Kier molecular flexibility index (Phi) is 6.99. The molecule has 0 amide bonds. The Bertz CT molecular complexity index is 355. The third kappa shape index (κ3) is 4.12. The largest absolute Gasteiger partial charge is 0.381 e. The van der Waals surface area contributed by atoms with E-state index in [2.05, 4.69) is 10.2 Å². The molecule has 0 bridgehead atoms. The van der Waals surface area contributed by atoms with Crippen LogP contribution in [0.1, 0.15) is 18.7 Å². The highest BCUT2D eigenvalue weighted by Gasteiger charge is 2.16. The van der Waals surface area contributed by atoms with Crippen LogP contribution >= 0.6 is 24.2 Å². The lowest BCUT2D eigenvalue weighted by molar-refractivity contribution is 0.0632. The standard InChI is InChI=1S/C11H20N4OS.ClH/c1-15-10(4-5-12)13-14-11(15)17-8-9-3-2-6-16-7-9;/h9H,2-8,12H2,1H3;1H. The molecule has 5 nitrogen and oxygen atoms in total. The summed E-state index contributed by atoms with van der Waals surface area (Å²) in [6.07, 6.45) is 3.24. The van der Waals surface area contributed by atoms with Crippen LogP contribution in [0.2, 0.25) is 0 Å². The first-order valence-electron chi connectivity index (χ1n) is 6.10. The first-order valence-corrected chi connectivity index (χ1v) is 7.08. The summed E-state index contributed by atoms with van der Waals surface area (Å²) in [4.78, 5) is 0. The summed E-state index contributed by atoms with van der Waals surface area (Å²) in [7, 11) is 2.00. The number of halogens is 1. The fourth-order valence-corrected chi connectivity index (χ4v) is 2.99. The van der Waals surface area contributed by atoms with Gasteiger partial charge in [0.2, 0.25) is 0 Å². The van der Waals surface area contributed by atoms with Gasteiger partial charge in [-0.25, -0.2) is 0 Å². The molecule has 1 fully saturated rings. The van der Waals surface area contributed by atoms with Gasteiger partial charge in [-0.15, -0.1) is 22.6 Å². The van der Waals surface area contributed by atoms with Crippen molar-refractivity contribution in [2.24, 2.45) is 18.7 Å². The van der Waals surface area contributed by atoms with Crippen molar-refractivity contribution in [3.8, 4) is 0 Å². The predicted octanol–water partition coefficient (Wildman–Crippen LogP) is 1.26. The Morgan fingerprint density at radius 3 is 3.00 bits per heavy atom. The van der Waals surface area contributed by atoms with Crippen LogP contribution in [0.3, 0.4) is 0 Å². The van der Waals surface area contributed by atoms with Crippen LogP contribution in [0.15, 0.2) is 5.16 Å². The molecule has 1 unspecified atom stereocenters. The zero-order valence-electron chi connectivity index (χ0n) is 10.7. The molecule has 2 heterocycles. The molecule has 104 valence electrons. The molecule has 0 saturated carbocycles. The monoisotopic (exact) mass is 292 g/mol. The zero-order chi connectivity index (χ0) is 12.1. The summed E-state index contributed by atoms with van der Waals surface area (Å²) in [5, 5.41) is 9.33. The summed E-state index contributed by atoms with van der Waals surface area (Å²) >= 11 is 1.77. The molecule has 0 radical (unpaired) electrons. The second kappa shape index (κ2) is 7.99. The van der Waals surface area contributed by atoms with Crippen molar-refractivity contribution in [2.75, 3.05) is 25.5 Å². The zero-order valence-corrected chi connectivity index (χ0v) is 12.3. The SMILES string of the molecule is Cl.Cn1c(CCN)nnc1SCC1CCCOC1. The molecule has 1 atom stereocenters. The van der Waals surface area contributed by atoms with Crippen LogP contribution in [0.25, 0.3) is 0 Å². The molecule has 0 spiro atoms. The summed E-state index contributed by atoms with van der Waals surface area (Å²) in [6.45, 7) is 2.43. The Morgan fingerprint density at radius 1 is 1.50 bits per heavy atom. The summed E-state index contributed by atoms with van der Waals surface area (Å²) in [6, 6.07) is 0. The van der Waals surface area contributed by atoms with Crippen LogP contribution in [0.4, 0.5) is 0 Å². The Hall–Kier alpha value is -0.300. The number of thioether (sulfide) groups is 1. The third-order valence-electron chi connectivity index (χ3n) is 3.00. The number of hydrogen-bond acceptors (Lipinski definition) is 5. The van der Waals surface area contributed by atoms with Gasteiger partial charge in [-0.2, -0.15) is 0 Å². The minimum Gasteiger partial charge on any atom is -0.381 e. The van der Waals surface area contributed by atoms with Gasteiger partial charge in [-0.05, 0) is 25.3 Å². The van der Waals surface area contributed by atoms with Gasteiger partial charge in [0, 0.05) is 25.8 Å². The quantitative estimate of drug-likeness (QED) is 0.828. The Labute approximate surface area is 118 Å². The molecule has 0 aliphatic carbocycles. The van der Waals surface area contributed by atoms with E-state index in [9.17, 15) is 0 Å². The van der Waals surface area contributed by atoms with Crippen molar-refractivity contribution in [3.63, 3.8) is 0 Å². The molecule has 2 N–H and O–H groups in total. The van der Waals surface area contributed by atoms with E-state index in [1.165, 1.54) is 12.8 Å². The maximum atomic E-state index is 5.53. The fourth-order valence-electron chi connectivity index (χ4n) is 1.95. The second-order valence-electron chi connectivity index (χ2n) is 4.39. The molecular formula is C11H21ClN4OS. The molecule has 1 aromatic heterocycles. The molecular weight excluding hydrogens is 272 g/mol. The number of nitrogens with two attached hydrogens (primary N) is 1. The van der Waals surface area contributed by atoms with E-state index in [1.54, 1.807) is 11.8 Å². The van der Waals surface area contributed by atoms with Gasteiger partial charge in [0.05, 0.1) is 6.61 Å². The number of hydrogen-bond donors (Lipinski definition) is 1. The number of nitrogens with zero attached hydrogens (tertiary/aromatic N) is 3. The molecule has 0 aromatic carbocycles. The first-order chi connectivity index (χ1) is 8.31.